The maximum absolute atomic E-state index is 12.8. The Morgan fingerprint density at radius 2 is 1.79 bits per heavy atom. The summed E-state index contributed by atoms with van der Waals surface area (Å²) in [5.41, 5.74) is 0. The third kappa shape index (κ3) is 3.50. The third-order valence-corrected chi connectivity index (χ3v) is 5.10. The van der Waals surface area contributed by atoms with E-state index in [2.05, 4.69) is 10.2 Å². The number of rotatable bonds is 4. The molecular formula is C16H28N2O. The Morgan fingerprint density at radius 1 is 1.00 bits per heavy atom. The first kappa shape index (κ1) is 13.4. The zero-order valence-corrected chi connectivity index (χ0v) is 12.1. The molecule has 3 nitrogen and oxygen atoms in total. The van der Waals surface area contributed by atoms with E-state index < -0.39 is 0 Å². The maximum atomic E-state index is 12.8. The summed E-state index contributed by atoms with van der Waals surface area (Å²) in [4.78, 5) is 15.1. The third-order valence-electron chi connectivity index (χ3n) is 5.10. The Kier molecular flexibility index (Phi) is 4.42. The molecule has 3 fully saturated rings. The molecule has 108 valence electrons. The van der Waals surface area contributed by atoms with Crippen LogP contribution in [0, 0.1) is 11.8 Å². The molecule has 1 saturated heterocycles. The summed E-state index contributed by atoms with van der Waals surface area (Å²) < 4.78 is 0. The Hall–Kier alpha value is -0.570. The molecule has 3 heteroatoms. The average Bonchev–Trinajstić information content (AvgIpc) is 3.30. The molecule has 0 aromatic carbocycles. The van der Waals surface area contributed by atoms with Crippen LogP contribution in [-0.4, -0.2) is 36.5 Å². The minimum Gasteiger partial charge on any atom is -0.339 e. The molecule has 0 bridgehead atoms. The Morgan fingerprint density at radius 3 is 2.42 bits per heavy atom. The fraction of sp³-hybridized carbons (Fsp3) is 0.938. The molecule has 19 heavy (non-hydrogen) atoms. The van der Waals surface area contributed by atoms with Crippen molar-refractivity contribution in [2.75, 3.05) is 19.6 Å². The summed E-state index contributed by atoms with van der Waals surface area (Å²) >= 11 is 0. The van der Waals surface area contributed by atoms with Gasteiger partial charge in [-0.15, -0.1) is 0 Å². The van der Waals surface area contributed by atoms with Gasteiger partial charge in [-0.05, 0) is 51.0 Å². The lowest BCUT2D eigenvalue weighted by molar-refractivity contribution is -0.139. The highest BCUT2D eigenvalue weighted by Crippen LogP contribution is 2.33. The molecule has 2 aliphatic carbocycles. The smallest absolute Gasteiger partial charge is 0.227 e. The second-order valence-electron chi connectivity index (χ2n) is 6.77. The van der Waals surface area contributed by atoms with Gasteiger partial charge in [0.05, 0.1) is 5.92 Å². The number of piperidine rings is 1. The number of amides is 1. The van der Waals surface area contributed by atoms with Gasteiger partial charge in [-0.1, -0.05) is 19.3 Å². The van der Waals surface area contributed by atoms with Crippen LogP contribution in [0.15, 0.2) is 0 Å². The van der Waals surface area contributed by atoms with E-state index in [1.165, 1.54) is 51.4 Å². The normalized spacial score (nSPS) is 29.2. The summed E-state index contributed by atoms with van der Waals surface area (Å²) in [6, 6.07) is 0.559. The molecule has 1 heterocycles. The average molecular weight is 264 g/mol. The number of hydrogen-bond donors (Lipinski definition) is 1. The molecule has 0 aromatic rings. The first-order chi connectivity index (χ1) is 9.34. The minimum atomic E-state index is 0.259. The molecule has 2 saturated carbocycles. The zero-order valence-electron chi connectivity index (χ0n) is 12.1. The molecule has 3 rings (SSSR count). The van der Waals surface area contributed by atoms with E-state index in [-0.39, 0.29) is 5.92 Å². The van der Waals surface area contributed by atoms with Crippen LogP contribution < -0.4 is 5.32 Å². The van der Waals surface area contributed by atoms with Gasteiger partial charge in [-0.2, -0.15) is 0 Å². The van der Waals surface area contributed by atoms with Crippen molar-refractivity contribution in [2.45, 2.75) is 63.8 Å². The van der Waals surface area contributed by atoms with Gasteiger partial charge < -0.3 is 10.2 Å². The highest BCUT2D eigenvalue weighted by Gasteiger charge is 2.35. The zero-order chi connectivity index (χ0) is 13.1. The van der Waals surface area contributed by atoms with E-state index in [0.717, 1.165) is 32.0 Å². The van der Waals surface area contributed by atoms with E-state index in [0.29, 0.717) is 11.9 Å². The van der Waals surface area contributed by atoms with Crippen LogP contribution in [-0.2, 0) is 4.79 Å². The Bertz CT molecular complexity index is 302. The van der Waals surface area contributed by atoms with Gasteiger partial charge in [0.15, 0.2) is 0 Å². The fourth-order valence-electron chi connectivity index (χ4n) is 3.69. The lowest BCUT2D eigenvalue weighted by atomic mass is 9.91. The number of carbonyl (C=O) groups excluding carboxylic acids is 1. The molecule has 1 N–H and O–H groups in total. The number of nitrogens with one attached hydrogen (secondary N) is 1. The van der Waals surface area contributed by atoms with Crippen molar-refractivity contribution >= 4 is 5.91 Å². The van der Waals surface area contributed by atoms with Crippen LogP contribution >= 0.6 is 0 Å². The lowest BCUT2D eigenvalue weighted by Gasteiger charge is -2.37. The maximum Gasteiger partial charge on any atom is 0.227 e. The van der Waals surface area contributed by atoms with Crippen molar-refractivity contribution in [2.24, 2.45) is 11.8 Å². The van der Waals surface area contributed by atoms with E-state index >= 15 is 0 Å². The van der Waals surface area contributed by atoms with Gasteiger partial charge in [0.1, 0.15) is 0 Å². The van der Waals surface area contributed by atoms with Crippen molar-refractivity contribution in [3.05, 3.63) is 0 Å². The molecule has 0 radical (unpaired) electrons. The Balaban J connectivity index is 1.63. The van der Waals surface area contributed by atoms with Gasteiger partial charge in [0.25, 0.3) is 0 Å². The fourth-order valence-corrected chi connectivity index (χ4v) is 3.69. The highest BCUT2D eigenvalue weighted by molar-refractivity contribution is 5.79. The predicted molar refractivity (Wildman–Crippen MR) is 76.9 cm³/mol. The van der Waals surface area contributed by atoms with Gasteiger partial charge in [0, 0.05) is 19.1 Å². The second kappa shape index (κ2) is 6.25. The number of hydrogen-bond acceptors (Lipinski definition) is 2. The van der Waals surface area contributed by atoms with Crippen molar-refractivity contribution < 1.29 is 4.79 Å². The van der Waals surface area contributed by atoms with E-state index in [1.54, 1.807) is 0 Å². The molecule has 1 amide bonds. The first-order valence-electron chi connectivity index (χ1n) is 8.36. The molecule has 1 aliphatic heterocycles. The summed E-state index contributed by atoms with van der Waals surface area (Å²) in [6.07, 6.45) is 11.5. The monoisotopic (exact) mass is 264 g/mol. The van der Waals surface area contributed by atoms with Crippen LogP contribution in [0.25, 0.3) is 0 Å². The summed E-state index contributed by atoms with van der Waals surface area (Å²) in [6.45, 7) is 3.06. The van der Waals surface area contributed by atoms with Gasteiger partial charge in [-0.25, -0.2) is 0 Å². The van der Waals surface area contributed by atoms with Crippen molar-refractivity contribution in [1.29, 1.82) is 0 Å². The van der Waals surface area contributed by atoms with Crippen molar-refractivity contribution in [3.8, 4) is 0 Å². The second-order valence-corrected chi connectivity index (χ2v) is 6.77. The van der Waals surface area contributed by atoms with E-state index in [9.17, 15) is 4.79 Å². The largest absolute Gasteiger partial charge is 0.339 e. The Labute approximate surface area is 117 Å². The molecule has 0 spiro atoms. The van der Waals surface area contributed by atoms with E-state index in [1.807, 2.05) is 0 Å². The summed E-state index contributed by atoms with van der Waals surface area (Å²) in [7, 11) is 0. The molecular weight excluding hydrogens is 236 g/mol. The quantitative estimate of drug-likeness (QED) is 0.846. The minimum absolute atomic E-state index is 0.259. The first-order valence-corrected chi connectivity index (χ1v) is 8.36. The number of nitrogens with zero attached hydrogens (tertiary/aromatic N) is 1. The highest BCUT2D eigenvalue weighted by atomic mass is 16.2. The van der Waals surface area contributed by atoms with E-state index in [4.69, 9.17) is 0 Å². The predicted octanol–water partition coefficient (Wildman–Crippen LogP) is 2.56. The molecule has 3 aliphatic rings. The summed E-state index contributed by atoms with van der Waals surface area (Å²) in [5, 5.41) is 3.39. The number of carbonyl (C=O) groups is 1. The van der Waals surface area contributed by atoms with Crippen LogP contribution in [0.4, 0.5) is 0 Å². The van der Waals surface area contributed by atoms with Crippen LogP contribution in [0.2, 0.25) is 0 Å². The molecule has 1 atom stereocenters. The van der Waals surface area contributed by atoms with Crippen LogP contribution in [0.1, 0.15) is 57.8 Å². The van der Waals surface area contributed by atoms with Crippen molar-refractivity contribution in [1.82, 2.24) is 10.2 Å². The lowest BCUT2D eigenvalue weighted by Crippen LogP contribution is -2.48. The van der Waals surface area contributed by atoms with Gasteiger partial charge >= 0.3 is 0 Å². The topological polar surface area (TPSA) is 32.3 Å². The van der Waals surface area contributed by atoms with Gasteiger partial charge in [-0.3, -0.25) is 4.79 Å². The van der Waals surface area contributed by atoms with Crippen LogP contribution in [0.3, 0.4) is 0 Å². The standard InChI is InChI=1S/C16H28N2O/c19-16(14-5-4-10-17-11-14)18(12-13-8-9-13)15-6-2-1-3-7-15/h13-15,17H,1-12H2. The summed E-state index contributed by atoms with van der Waals surface area (Å²) in [5.74, 6) is 1.54. The molecule has 1 unspecified atom stereocenters. The SMILES string of the molecule is O=C(C1CCCNC1)N(CC1CC1)C1CCCCC1. The molecule has 0 aromatic heterocycles. The van der Waals surface area contributed by atoms with Crippen molar-refractivity contribution in [3.63, 3.8) is 0 Å². The van der Waals surface area contributed by atoms with Crippen LogP contribution in [0.5, 0.6) is 0 Å². The van der Waals surface area contributed by atoms with Gasteiger partial charge in [0.2, 0.25) is 5.91 Å².